The van der Waals surface area contributed by atoms with Crippen LogP contribution in [0, 0.1) is 11.8 Å². The number of nitrogens with zero attached hydrogens (tertiary/aromatic N) is 1. The highest BCUT2D eigenvalue weighted by Crippen LogP contribution is 2.60. The van der Waals surface area contributed by atoms with E-state index in [1.165, 1.54) is 11.8 Å². The van der Waals surface area contributed by atoms with E-state index in [1.54, 1.807) is 24.3 Å². The van der Waals surface area contributed by atoms with Gasteiger partial charge < -0.3 is 4.74 Å². The summed E-state index contributed by atoms with van der Waals surface area (Å²) in [6, 6.07) is 6.64. The molecule has 3 aliphatic heterocycles. The summed E-state index contributed by atoms with van der Waals surface area (Å²) < 4.78 is 6.08. The van der Waals surface area contributed by atoms with E-state index in [9.17, 15) is 14.4 Å². The van der Waals surface area contributed by atoms with E-state index < -0.39 is 23.0 Å². The molecule has 4 rings (SSSR count). The predicted octanol–water partition coefficient (Wildman–Crippen LogP) is 2.34. The maximum Gasteiger partial charge on any atom is 0.240 e. The van der Waals surface area contributed by atoms with Gasteiger partial charge in [0.25, 0.3) is 0 Å². The number of anilines is 1. The molecule has 1 aromatic rings. The average molecular weight is 313 g/mol. The Labute approximate surface area is 134 Å². The Morgan fingerprint density at radius 3 is 1.96 bits per heavy atom. The zero-order valence-electron chi connectivity index (χ0n) is 13.5. The third-order valence-corrected chi connectivity index (χ3v) is 5.74. The van der Waals surface area contributed by atoms with Crippen molar-refractivity contribution in [3.8, 4) is 0 Å². The third kappa shape index (κ3) is 1.74. The largest absolute Gasteiger partial charge is 0.367 e. The van der Waals surface area contributed by atoms with Crippen molar-refractivity contribution >= 4 is 23.3 Å². The first-order valence-electron chi connectivity index (χ1n) is 7.96. The summed E-state index contributed by atoms with van der Waals surface area (Å²) in [5.74, 6) is -1.20. The number of ketones is 1. The lowest BCUT2D eigenvalue weighted by Crippen LogP contribution is -2.40. The molecular weight excluding hydrogens is 294 g/mol. The van der Waals surface area contributed by atoms with Crippen LogP contribution in [-0.2, 0) is 14.3 Å². The summed E-state index contributed by atoms with van der Waals surface area (Å²) >= 11 is 0. The van der Waals surface area contributed by atoms with Crippen LogP contribution in [0.15, 0.2) is 24.3 Å². The molecule has 23 heavy (non-hydrogen) atoms. The molecule has 0 N–H and O–H groups in total. The van der Waals surface area contributed by atoms with E-state index in [0.29, 0.717) is 11.3 Å². The van der Waals surface area contributed by atoms with Crippen LogP contribution in [0.4, 0.5) is 5.69 Å². The van der Waals surface area contributed by atoms with Gasteiger partial charge in [-0.2, -0.15) is 0 Å². The van der Waals surface area contributed by atoms with Crippen LogP contribution in [0.1, 0.15) is 44.0 Å². The lowest BCUT2D eigenvalue weighted by Gasteiger charge is -2.27. The fourth-order valence-corrected chi connectivity index (χ4v) is 4.57. The van der Waals surface area contributed by atoms with Crippen molar-refractivity contribution in [3.63, 3.8) is 0 Å². The first-order chi connectivity index (χ1) is 10.8. The Bertz CT molecular complexity index is 706. The number of rotatable bonds is 2. The van der Waals surface area contributed by atoms with Gasteiger partial charge in [0.15, 0.2) is 5.78 Å². The number of fused-ring (bicyclic) bond motifs is 5. The molecule has 0 radical (unpaired) electrons. The summed E-state index contributed by atoms with van der Waals surface area (Å²) in [6.45, 7) is 5.37. The highest BCUT2D eigenvalue weighted by atomic mass is 16.5. The molecular formula is C18H19NO4. The van der Waals surface area contributed by atoms with E-state index in [0.717, 1.165) is 12.8 Å². The van der Waals surface area contributed by atoms with Gasteiger partial charge >= 0.3 is 0 Å². The number of carbonyl (C=O) groups is 3. The molecule has 3 fully saturated rings. The zero-order valence-corrected chi connectivity index (χ0v) is 13.5. The predicted molar refractivity (Wildman–Crippen MR) is 83.0 cm³/mol. The van der Waals surface area contributed by atoms with Gasteiger partial charge in [0.05, 0.1) is 28.7 Å². The van der Waals surface area contributed by atoms with Gasteiger partial charge in [0.1, 0.15) is 0 Å². The fraction of sp³-hybridized carbons (Fsp3) is 0.500. The molecule has 5 nitrogen and oxygen atoms in total. The molecule has 1 aromatic carbocycles. The van der Waals surface area contributed by atoms with E-state index in [4.69, 9.17) is 4.74 Å². The molecule has 5 heteroatoms. The summed E-state index contributed by atoms with van der Waals surface area (Å²) in [5, 5.41) is 0. The van der Waals surface area contributed by atoms with Gasteiger partial charge in [-0.1, -0.05) is 0 Å². The minimum Gasteiger partial charge on any atom is -0.367 e. The van der Waals surface area contributed by atoms with Gasteiger partial charge in [-0.25, -0.2) is 4.90 Å². The summed E-state index contributed by atoms with van der Waals surface area (Å²) in [6.07, 6.45) is 1.61. The molecule has 3 unspecified atom stereocenters. The minimum absolute atomic E-state index is 0.0426. The number of Topliss-reactive ketones (excluding diaryl/α,β-unsaturated/α-hetero) is 1. The minimum atomic E-state index is -0.541. The topological polar surface area (TPSA) is 63.7 Å². The Hall–Kier alpha value is -2.01. The maximum atomic E-state index is 12.9. The second kappa shape index (κ2) is 4.29. The summed E-state index contributed by atoms with van der Waals surface area (Å²) in [5.41, 5.74) is 0.0156. The highest BCUT2D eigenvalue weighted by Gasteiger charge is 2.72. The van der Waals surface area contributed by atoms with Crippen LogP contribution >= 0.6 is 0 Å². The van der Waals surface area contributed by atoms with Crippen LogP contribution < -0.4 is 4.90 Å². The first-order valence-corrected chi connectivity index (χ1v) is 7.96. The van der Waals surface area contributed by atoms with Gasteiger partial charge in [-0.15, -0.1) is 0 Å². The van der Waals surface area contributed by atoms with Gasteiger partial charge in [0, 0.05) is 5.56 Å². The van der Waals surface area contributed by atoms with Crippen molar-refractivity contribution in [2.24, 2.45) is 11.8 Å². The number of amides is 2. The SMILES string of the molecule is CC(=O)c1ccc(N2C(=O)C3[C@H](C2=O)C2(C)CCC3(C)O2)cc1. The van der Waals surface area contributed by atoms with Crippen LogP contribution in [0.3, 0.4) is 0 Å². The van der Waals surface area contributed by atoms with E-state index in [2.05, 4.69) is 0 Å². The van der Waals surface area contributed by atoms with Crippen molar-refractivity contribution in [1.82, 2.24) is 0 Å². The molecule has 0 saturated carbocycles. The van der Waals surface area contributed by atoms with E-state index in [1.807, 2.05) is 13.8 Å². The molecule has 2 bridgehead atoms. The van der Waals surface area contributed by atoms with Gasteiger partial charge in [-0.05, 0) is 57.9 Å². The standard InChI is InChI=1S/C18H19NO4/c1-10(20)11-4-6-12(7-5-11)19-15(21)13-14(16(19)22)18(3)9-8-17(13,2)23-18/h4-7,13-14H,8-9H2,1-3H3/t13-,14?,17?,18?/m1/s1. The lowest BCUT2D eigenvalue weighted by molar-refractivity contribution is -0.129. The third-order valence-electron chi connectivity index (χ3n) is 5.74. The first kappa shape index (κ1) is 14.6. The number of imide groups is 1. The quantitative estimate of drug-likeness (QED) is 0.621. The molecule has 2 amide bonds. The van der Waals surface area contributed by atoms with Crippen LogP contribution in [-0.4, -0.2) is 28.8 Å². The van der Waals surface area contributed by atoms with Crippen molar-refractivity contribution < 1.29 is 19.1 Å². The number of hydrogen-bond donors (Lipinski definition) is 0. The average Bonchev–Trinajstić information content (AvgIpc) is 3.04. The number of hydrogen-bond acceptors (Lipinski definition) is 4. The molecule has 0 spiro atoms. The van der Waals surface area contributed by atoms with Crippen LogP contribution in [0.25, 0.3) is 0 Å². The molecule has 0 aromatic heterocycles. The van der Waals surface area contributed by atoms with Crippen LogP contribution in [0.2, 0.25) is 0 Å². The Balaban J connectivity index is 1.74. The molecule has 4 atom stereocenters. The summed E-state index contributed by atoms with van der Waals surface area (Å²) in [7, 11) is 0. The lowest BCUT2D eigenvalue weighted by atomic mass is 9.69. The molecule has 3 saturated heterocycles. The maximum absolute atomic E-state index is 12.9. The van der Waals surface area contributed by atoms with E-state index in [-0.39, 0.29) is 17.6 Å². The number of carbonyl (C=O) groups excluding carboxylic acids is 3. The Kier molecular flexibility index (Phi) is 2.72. The van der Waals surface area contributed by atoms with Crippen molar-refractivity contribution in [2.45, 2.75) is 44.8 Å². The number of benzene rings is 1. The second-order valence-corrected chi connectivity index (χ2v) is 7.30. The van der Waals surface area contributed by atoms with Crippen LogP contribution in [0.5, 0.6) is 0 Å². The smallest absolute Gasteiger partial charge is 0.240 e. The normalized spacial score (nSPS) is 38.3. The molecule has 120 valence electrons. The molecule has 3 heterocycles. The number of ether oxygens (including phenoxy) is 1. The second-order valence-electron chi connectivity index (χ2n) is 7.30. The molecule has 3 aliphatic rings. The fourth-order valence-electron chi connectivity index (χ4n) is 4.57. The highest BCUT2D eigenvalue weighted by molar-refractivity contribution is 6.23. The van der Waals surface area contributed by atoms with Crippen molar-refractivity contribution in [3.05, 3.63) is 29.8 Å². The van der Waals surface area contributed by atoms with E-state index >= 15 is 0 Å². The van der Waals surface area contributed by atoms with Crippen molar-refractivity contribution in [1.29, 1.82) is 0 Å². The zero-order chi connectivity index (χ0) is 16.6. The molecule has 0 aliphatic carbocycles. The monoisotopic (exact) mass is 313 g/mol. The van der Waals surface area contributed by atoms with Gasteiger partial charge in [-0.3, -0.25) is 14.4 Å². The van der Waals surface area contributed by atoms with Gasteiger partial charge in [0.2, 0.25) is 11.8 Å². The van der Waals surface area contributed by atoms with Crippen molar-refractivity contribution in [2.75, 3.05) is 4.90 Å². The Morgan fingerprint density at radius 2 is 1.52 bits per heavy atom. The summed E-state index contributed by atoms with van der Waals surface area (Å²) in [4.78, 5) is 38.5. The Morgan fingerprint density at radius 1 is 1.04 bits per heavy atom.